The maximum Gasteiger partial charge on any atom is 0.257 e. The van der Waals surface area contributed by atoms with Crippen molar-refractivity contribution < 1.29 is 19.1 Å². The first-order valence-corrected chi connectivity index (χ1v) is 6.98. The van der Waals surface area contributed by atoms with Crippen molar-refractivity contribution in [3.05, 3.63) is 24.3 Å². The van der Waals surface area contributed by atoms with Crippen LogP contribution in [0, 0.1) is 0 Å². The number of para-hydroxylation sites is 2. The summed E-state index contributed by atoms with van der Waals surface area (Å²) in [7, 11) is 0. The summed E-state index contributed by atoms with van der Waals surface area (Å²) in [4.78, 5) is 26.7. The summed E-state index contributed by atoms with van der Waals surface area (Å²) < 4.78 is 5.42. The summed E-state index contributed by atoms with van der Waals surface area (Å²) in [5, 5.41) is 12.8. The minimum Gasteiger partial charge on any atom is -0.549 e. The zero-order chi connectivity index (χ0) is 14.5. The zero-order valence-electron chi connectivity index (χ0n) is 11.8. The van der Waals surface area contributed by atoms with Crippen LogP contribution in [0.3, 0.4) is 0 Å². The molecule has 1 heterocycles. The number of hydrogen-bond acceptors (Lipinski definition) is 6. The number of fused-ring (bicyclic) bond motifs is 1. The zero-order valence-corrected chi connectivity index (χ0v) is 12.6. The molecule has 1 aromatic carbocycles. The third-order valence-corrected chi connectivity index (χ3v) is 3.54. The molecule has 7 nitrogen and oxygen atoms in total. The van der Waals surface area contributed by atoms with Crippen LogP contribution in [0.15, 0.2) is 33.9 Å². The van der Waals surface area contributed by atoms with Crippen LogP contribution in [-0.4, -0.2) is 28.7 Å². The molecular weight excluding hydrogens is 294 g/mol. The molecule has 21 heavy (non-hydrogen) atoms. The molecule has 114 valence electrons. The number of oxazole rings is 1. The minimum atomic E-state index is -1.32. The average molecular weight is 311 g/mol. The van der Waals surface area contributed by atoms with Crippen molar-refractivity contribution in [2.75, 3.05) is 6.54 Å². The van der Waals surface area contributed by atoms with E-state index < -0.39 is 11.2 Å². The number of carbonyl (C=O) groups excluding carboxylic acids is 2. The predicted molar refractivity (Wildman–Crippen MR) is 77.9 cm³/mol. The second-order valence-corrected chi connectivity index (χ2v) is 5.18. The first-order chi connectivity index (χ1) is 9.60. The van der Waals surface area contributed by atoms with Crippen molar-refractivity contribution in [3.8, 4) is 0 Å². The molecule has 0 bridgehead atoms. The highest BCUT2D eigenvalue weighted by Gasteiger charge is 2.19. The summed E-state index contributed by atoms with van der Waals surface area (Å²) in [5.41, 5.74) is 1.22. The van der Waals surface area contributed by atoms with Crippen LogP contribution in [0.1, 0.15) is 13.3 Å². The molecule has 0 fully saturated rings. The highest BCUT2D eigenvalue weighted by molar-refractivity contribution is 8.00. The summed E-state index contributed by atoms with van der Waals surface area (Å²) in [6.45, 7) is 2.21. The molecule has 0 aliphatic carbocycles. The number of aromatic nitrogens is 1. The summed E-state index contributed by atoms with van der Waals surface area (Å²) >= 11 is 0.876. The van der Waals surface area contributed by atoms with Gasteiger partial charge in [-0.2, -0.15) is 0 Å². The second kappa shape index (κ2) is 7.65. The minimum absolute atomic E-state index is 0. The number of nitrogens with zero attached hydrogens (tertiary/aromatic N) is 1. The first-order valence-electron chi connectivity index (χ1n) is 6.10. The van der Waals surface area contributed by atoms with E-state index in [2.05, 4.69) is 10.3 Å². The van der Waals surface area contributed by atoms with Gasteiger partial charge in [-0.25, -0.2) is 4.98 Å². The highest BCUT2D eigenvalue weighted by Crippen LogP contribution is 2.27. The molecule has 1 amide bonds. The largest absolute Gasteiger partial charge is 0.549 e. The average Bonchev–Trinajstić information content (AvgIpc) is 2.80. The Bertz CT molecular complexity index is 596. The number of thioether (sulfide) groups is 1. The topological polar surface area (TPSA) is 132 Å². The van der Waals surface area contributed by atoms with Crippen LogP contribution < -0.4 is 16.6 Å². The molecule has 8 heteroatoms. The number of nitrogens with one attached hydrogen (secondary N) is 1. The maximum atomic E-state index is 11.5. The lowest BCUT2D eigenvalue weighted by atomic mass is 10.3. The fourth-order valence-corrected chi connectivity index (χ4v) is 2.50. The number of quaternary nitrogens is 1. The molecule has 0 spiro atoms. The Hall–Kier alpha value is -2.06. The van der Waals surface area contributed by atoms with Gasteiger partial charge in [0.1, 0.15) is 5.52 Å². The number of carbonyl (C=O) groups is 2. The van der Waals surface area contributed by atoms with E-state index >= 15 is 0 Å². The van der Waals surface area contributed by atoms with Gasteiger partial charge in [-0.05, 0) is 19.1 Å². The van der Waals surface area contributed by atoms with Crippen molar-refractivity contribution in [3.63, 3.8) is 0 Å². The van der Waals surface area contributed by atoms with Crippen LogP contribution in [0.2, 0.25) is 0 Å². The second-order valence-electron chi connectivity index (χ2n) is 4.03. The maximum absolute atomic E-state index is 11.5. The molecule has 0 saturated carbocycles. The smallest absolute Gasteiger partial charge is 0.257 e. The van der Waals surface area contributed by atoms with Crippen molar-refractivity contribution in [2.24, 2.45) is 0 Å². The van der Waals surface area contributed by atoms with E-state index in [9.17, 15) is 14.7 Å². The van der Waals surface area contributed by atoms with E-state index in [1.807, 2.05) is 6.07 Å². The molecule has 2 aromatic rings. The van der Waals surface area contributed by atoms with Gasteiger partial charge in [0.2, 0.25) is 5.91 Å². The molecule has 2 rings (SSSR count). The fourth-order valence-electron chi connectivity index (χ4n) is 1.63. The molecule has 5 N–H and O–H groups in total. The number of carboxylic acid groups (broad SMARTS) is 1. The Kier molecular flexibility index (Phi) is 6.19. The third-order valence-electron chi connectivity index (χ3n) is 2.52. The fraction of sp³-hybridized carbons (Fsp3) is 0.308. The van der Waals surface area contributed by atoms with E-state index in [0.29, 0.717) is 17.6 Å². The van der Waals surface area contributed by atoms with E-state index in [1.165, 1.54) is 0 Å². The Balaban J connectivity index is 0.00000220. The lowest BCUT2D eigenvalue weighted by Gasteiger charge is -2.14. The molecule has 0 aliphatic heterocycles. The Morgan fingerprint density at radius 3 is 2.76 bits per heavy atom. The normalized spacial score (nSPS) is 11.7. The summed E-state index contributed by atoms with van der Waals surface area (Å²) in [5.74, 6) is -1.66. The van der Waals surface area contributed by atoms with Gasteiger partial charge in [-0.15, -0.1) is 0 Å². The molecule has 0 radical (unpaired) electrons. The van der Waals surface area contributed by atoms with Gasteiger partial charge in [0.25, 0.3) is 5.22 Å². The molecule has 1 aromatic heterocycles. The van der Waals surface area contributed by atoms with Crippen molar-refractivity contribution in [1.82, 2.24) is 16.5 Å². The third kappa shape index (κ3) is 4.47. The van der Waals surface area contributed by atoms with E-state index in [4.69, 9.17) is 4.42 Å². The van der Waals surface area contributed by atoms with Crippen LogP contribution >= 0.6 is 11.8 Å². The molecule has 1 unspecified atom stereocenters. The SMILES string of the molecule is CCNC(=O)CC(Sc1nc2ccccc2o1)C(=O)[O-].[NH4+]. The number of carboxylic acids is 1. The van der Waals surface area contributed by atoms with Crippen molar-refractivity contribution >= 4 is 34.7 Å². The van der Waals surface area contributed by atoms with Crippen molar-refractivity contribution in [2.45, 2.75) is 23.8 Å². The van der Waals surface area contributed by atoms with E-state index in [0.717, 1.165) is 11.8 Å². The first kappa shape index (κ1) is 17.0. The number of rotatable bonds is 6. The van der Waals surface area contributed by atoms with Crippen molar-refractivity contribution in [1.29, 1.82) is 0 Å². The predicted octanol–water partition coefficient (Wildman–Crippen LogP) is 0.941. The standard InChI is InChI=1S/C13H14N2O4S.H3N/c1-2-14-11(16)7-10(12(17)18)20-13-15-8-5-3-4-6-9(8)19-13;/h3-6,10H,2,7H2,1H3,(H,14,16)(H,17,18);1H3. The van der Waals surface area contributed by atoms with Gasteiger partial charge in [-0.3, -0.25) is 4.79 Å². The molecule has 1 atom stereocenters. The number of aliphatic carboxylic acids is 1. The Labute approximate surface area is 125 Å². The van der Waals surface area contributed by atoms with E-state index in [-0.39, 0.29) is 23.7 Å². The van der Waals surface area contributed by atoms with Crippen LogP contribution in [0.25, 0.3) is 11.1 Å². The van der Waals surface area contributed by atoms with Gasteiger partial charge in [0.15, 0.2) is 5.58 Å². The van der Waals surface area contributed by atoms with Gasteiger partial charge in [0, 0.05) is 13.0 Å². The van der Waals surface area contributed by atoms with E-state index in [1.54, 1.807) is 25.1 Å². The molecule has 0 saturated heterocycles. The molecule has 0 aliphatic rings. The van der Waals surface area contributed by atoms with Gasteiger partial charge in [0.05, 0.1) is 11.2 Å². The quantitative estimate of drug-likeness (QED) is 0.763. The summed E-state index contributed by atoms with van der Waals surface area (Å²) in [6, 6.07) is 7.11. The Morgan fingerprint density at radius 1 is 1.43 bits per heavy atom. The molecular formula is C13H17N3O4S. The summed E-state index contributed by atoms with van der Waals surface area (Å²) in [6.07, 6.45) is -0.181. The highest BCUT2D eigenvalue weighted by atomic mass is 32.2. The lowest BCUT2D eigenvalue weighted by Crippen LogP contribution is -2.37. The number of benzene rings is 1. The van der Waals surface area contributed by atoms with Gasteiger partial charge < -0.3 is 25.8 Å². The van der Waals surface area contributed by atoms with Crippen LogP contribution in [-0.2, 0) is 9.59 Å². The lowest BCUT2D eigenvalue weighted by molar-refractivity contribution is -0.304. The van der Waals surface area contributed by atoms with Gasteiger partial charge >= 0.3 is 0 Å². The van der Waals surface area contributed by atoms with Crippen LogP contribution in [0.4, 0.5) is 0 Å². The Morgan fingerprint density at radius 2 is 2.14 bits per heavy atom. The van der Waals surface area contributed by atoms with Gasteiger partial charge in [-0.1, -0.05) is 23.9 Å². The van der Waals surface area contributed by atoms with Crippen LogP contribution in [0.5, 0.6) is 0 Å². The monoisotopic (exact) mass is 311 g/mol. The number of amides is 1. The number of hydrogen-bond donors (Lipinski definition) is 2.